The molecule has 3 aromatic carbocycles. The quantitative estimate of drug-likeness (QED) is 0.408. The van der Waals surface area contributed by atoms with Gasteiger partial charge in [0, 0.05) is 24.0 Å². The molecule has 0 heterocycles. The molecule has 0 saturated carbocycles. The molecule has 0 radical (unpaired) electrons. The van der Waals surface area contributed by atoms with Gasteiger partial charge in [-0.15, -0.1) is 0 Å². The lowest BCUT2D eigenvalue weighted by Gasteiger charge is -2.10. The summed E-state index contributed by atoms with van der Waals surface area (Å²) < 4.78 is 0. The van der Waals surface area contributed by atoms with E-state index >= 15 is 0 Å². The van der Waals surface area contributed by atoms with Crippen molar-refractivity contribution in [2.24, 2.45) is 0 Å². The number of rotatable bonds is 6. The van der Waals surface area contributed by atoms with Crippen molar-refractivity contribution < 1.29 is 4.92 Å². The predicted molar refractivity (Wildman–Crippen MR) is 110 cm³/mol. The zero-order valence-electron chi connectivity index (χ0n) is 13.0. The molecule has 2 N–H and O–H groups in total. The van der Waals surface area contributed by atoms with Gasteiger partial charge in [-0.3, -0.25) is 10.1 Å². The van der Waals surface area contributed by atoms with Crippen LogP contribution in [0.3, 0.4) is 0 Å². The summed E-state index contributed by atoms with van der Waals surface area (Å²) in [4.78, 5) is 11.0. The first-order valence-corrected chi connectivity index (χ1v) is 7.61. The maximum absolute atomic E-state index is 11.4. The molecule has 136 valence electrons. The van der Waals surface area contributed by atoms with Crippen molar-refractivity contribution >= 4 is 22.7 Å². The summed E-state index contributed by atoms with van der Waals surface area (Å²) >= 11 is 0. The number of para-hydroxylation sites is 2. The lowest BCUT2D eigenvalue weighted by atomic mass is 10.1. The van der Waals surface area contributed by atoms with Crippen LogP contribution in [0.2, 0.25) is 0 Å². The third kappa shape index (κ3) is 5.34. The van der Waals surface area contributed by atoms with Gasteiger partial charge in [0.15, 0.2) is 0 Å². The maximum atomic E-state index is 11.4. The van der Waals surface area contributed by atoms with Gasteiger partial charge in [0.05, 0.1) is 4.92 Å². The van der Waals surface area contributed by atoms with E-state index in [4.69, 9.17) is 0 Å². The Kier molecular flexibility index (Phi) is 7.83. The third-order valence-corrected chi connectivity index (χ3v) is 3.58. The minimum absolute atomic E-state index is 0. The molecule has 0 fully saturated rings. The summed E-state index contributed by atoms with van der Waals surface area (Å²) in [6.45, 7) is 0.524. The van der Waals surface area contributed by atoms with Crippen LogP contribution in [0.15, 0.2) is 78.9 Å². The molecule has 0 aliphatic heterocycles. The zero-order valence-corrected chi connectivity index (χ0v) is 13.0. The highest BCUT2D eigenvalue weighted by atomic mass is 16.6. The van der Waals surface area contributed by atoms with Crippen molar-refractivity contribution in [1.82, 2.24) is 0 Å². The van der Waals surface area contributed by atoms with Gasteiger partial charge in [0.1, 0.15) is 5.69 Å². The van der Waals surface area contributed by atoms with Crippen LogP contribution in [0.1, 0.15) is 20.4 Å². The Morgan fingerprint density at radius 2 is 1.38 bits per heavy atom. The monoisotopic (exact) mass is 351 g/mol. The first kappa shape index (κ1) is 20.7. The van der Waals surface area contributed by atoms with Crippen LogP contribution in [0.25, 0.3) is 0 Å². The Labute approximate surface area is 154 Å². The molecule has 3 aromatic rings. The van der Waals surface area contributed by atoms with E-state index < -0.39 is 0 Å². The van der Waals surface area contributed by atoms with Crippen molar-refractivity contribution in [2.45, 2.75) is 21.4 Å². The molecular formula is C21H25N3O2. The van der Waals surface area contributed by atoms with E-state index in [1.54, 1.807) is 12.1 Å². The van der Waals surface area contributed by atoms with Gasteiger partial charge < -0.3 is 10.6 Å². The molecule has 0 saturated heterocycles. The van der Waals surface area contributed by atoms with E-state index in [1.165, 1.54) is 0 Å². The van der Waals surface area contributed by atoms with Crippen LogP contribution in [-0.4, -0.2) is 4.92 Å². The molecule has 5 heteroatoms. The van der Waals surface area contributed by atoms with Gasteiger partial charge in [-0.05, 0) is 35.9 Å². The zero-order chi connectivity index (χ0) is 16.8. The van der Waals surface area contributed by atoms with Gasteiger partial charge in [0.2, 0.25) is 0 Å². The van der Waals surface area contributed by atoms with Crippen molar-refractivity contribution in [3.05, 3.63) is 94.5 Å². The smallest absolute Gasteiger partial charge is 0.293 e. The molecule has 0 atom stereocenters. The van der Waals surface area contributed by atoms with Crippen molar-refractivity contribution in [3.8, 4) is 0 Å². The van der Waals surface area contributed by atoms with Crippen LogP contribution in [-0.2, 0) is 6.54 Å². The number of anilines is 3. The maximum Gasteiger partial charge on any atom is 0.293 e. The number of hydrogen-bond donors (Lipinski definition) is 2. The van der Waals surface area contributed by atoms with Gasteiger partial charge in [0.25, 0.3) is 5.69 Å². The molecule has 0 aliphatic carbocycles. The molecular weight excluding hydrogens is 326 g/mol. The van der Waals surface area contributed by atoms with E-state index in [1.807, 2.05) is 66.7 Å². The Balaban J connectivity index is 0.00000169. The number of benzene rings is 3. The van der Waals surface area contributed by atoms with E-state index in [0.29, 0.717) is 12.2 Å². The minimum atomic E-state index is -0.364. The minimum Gasteiger partial charge on any atom is -0.381 e. The Hall–Kier alpha value is -3.34. The second-order valence-electron chi connectivity index (χ2n) is 5.32. The number of nitrogens with zero attached hydrogens (tertiary/aromatic N) is 1. The third-order valence-electron chi connectivity index (χ3n) is 3.58. The van der Waals surface area contributed by atoms with E-state index in [2.05, 4.69) is 10.6 Å². The summed E-state index contributed by atoms with van der Waals surface area (Å²) in [5.41, 5.74) is 3.19. The molecule has 0 aliphatic rings. The first-order valence-electron chi connectivity index (χ1n) is 7.61. The molecule has 26 heavy (non-hydrogen) atoms. The average molecular weight is 351 g/mol. The normalized spacial score (nSPS) is 9.38. The number of nitro benzene ring substituents is 1. The number of nitrogens with one attached hydrogen (secondary N) is 2. The van der Waals surface area contributed by atoms with Crippen LogP contribution < -0.4 is 10.6 Å². The van der Waals surface area contributed by atoms with Gasteiger partial charge >= 0.3 is 0 Å². The van der Waals surface area contributed by atoms with Crippen molar-refractivity contribution in [1.29, 1.82) is 0 Å². The largest absolute Gasteiger partial charge is 0.381 e. The highest BCUT2D eigenvalue weighted by molar-refractivity contribution is 5.70. The molecule has 0 spiro atoms. The average Bonchev–Trinajstić information content (AvgIpc) is 2.62. The molecule has 0 unspecified atom stereocenters. The second-order valence-corrected chi connectivity index (χ2v) is 5.32. The van der Waals surface area contributed by atoms with Crippen molar-refractivity contribution in [3.63, 3.8) is 0 Å². The molecule has 5 nitrogen and oxygen atoms in total. The summed E-state index contributed by atoms with van der Waals surface area (Å²) in [5.74, 6) is 0. The van der Waals surface area contributed by atoms with E-state index in [0.717, 1.165) is 16.9 Å². The summed E-state index contributed by atoms with van der Waals surface area (Å²) in [6, 6.07) is 24.4. The van der Waals surface area contributed by atoms with Crippen LogP contribution in [0.5, 0.6) is 0 Å². The SMILES string of the molecule is C.C.O=[N+]([O-])c1cc(CNc2ccccc2)ccc1Nc1ccccc1. The Bertz CT molecular complexity index is 821. The van der Waals surface area contributed by atoms with Crippen LogP contribution in [0.4, 0.5) is 22.7 Å². The fraction of sp³-hybridized carbons (Fsp3) is 0.143. The highest BCUT2D eigenvalue weighted by Gasteiger charge is 2.14. The summed E-state index contributed by atoms with van der Waals surface area (Å²) in [7, 11) is 0. The number of nitro groups is 1. The highest BCUT2D eigenvalue weighted by Crippen LogP contribution is 2.28. The van der Waals surface area contributed by atoms with Gasteiger partial charge in [-0.1, -0.05) is 57.3 Å². The standard InChI is InChI=1S/C19H17N3O2.2CH4/c23-22(24)19-13-15(14-20-16-7-3-1-4-8-16)11-12-18(19)21-17-9-5-2-6-10-17;;/h1-13,20-21H,14H2;2*1H4. The molecule has 0 amide bonds. The van der Waals surface area contributed by atoms with Crippen LogP contribution in [0, 0.1) is 10.1 Å². The Morgan fingerprint density at radius 1 is 0.808 bits per heavy atom. The fourth-order valence-corrected chi connectivity index (χ4v) is 2.38. The lowest BCUT2D eigenvalue weighted by molar-refractivity contribution is -0.384. The van der Waals surface area contributed by atoms with Crippen molar-refractivity contribution in [2.75, 3.05) is 10.6 Å². The topological polar surface area (TPSA) is 67.2 Å². The van der Waals surface area contributed by atoms with Crippen LogP contribution >= 0.6 is 0 Å². The summed E-state index contributed by atoms with van der Waals surface area (Å²) in [5, 5.41) is 17.7. The first-order chi connectivity index (χ1) is 11.7. The van der Waals surface area contributed by atoms with E-state index in [-0.39, 0.29) is 25.5 Å². The summed E-state index contributed by atoms with van der Waals surface area (Å²) in [6.07, 6.45) is 0. The molecule has 0 bridgehead atoms. The van der Waals surface area contributed by atoms with Gasteiger partial charge in [-0.25, -0.2) is 0 Å². The Morgan fingerprint density at radius 3 is 1.96 bits per heavy atom. The molecule has 0 aromatic heterocycles. The predicted octanol–water partition coefficient (Wildman–Crippen LogP) is 6.22. The fourth-order valence-electron chi connectivity index (χ4n) is 2.38. The number of hydrogen-bond acceptors (Lipinski definition) is 4. The second kappa shape index (κ2) is 9.84. The van der Waals surface area contributed by atoms with Gasteiger partial charge in [-0.2, -0.15) is 0 Å². The molecule has 3 rings (SSSR count). The lowest BCUT2D eigenvalue weighted by Crippen LogP contribution is -2.02. The van der Waals surface area contributed by atoms with E-state index in [9.17, 15) is 10.1 Å².